The maximum absolute atomic E-state index is 6.13. The second kappa shape index (κ2) is 5.54. The van der Waals surface area contributed by atoms with E-state index >= 15 is 0 Å². The number of rotatable bonds is 4. The summed E-state index contributed by atoms with van der Waals surface area (Å²) in [4.78, 5) is 9.01. The van der Waals surface area contributed by atoms with Gasteiger partial charge >= 0.3 is 0 Å². The van der Waals surface area contributed by atoms with Gasteiger partial charge in [-0.25, -0.2) is 9.97 Å². The van der Waals surface area contributed by atoms with E-state index in [0.717, 1.165) is 5.69 Å². The third kappa shape index (κ3) is 3.01. The topological polar surface area (TPSA) is 35.0 Å². The Bertz CT molecular complexity index is 414. The van der Waals surface area contributed by atoms with Gasteiger partial charge in [0.15, 0.2) is 5.82 Å². The molecule has 0 bridgehead atoms. The molecule has 1 aromatic heterocycles. The average Bonchev–Trinajstić information content (AvgIpc) is 2.81. The van der Waals surface area contributed by atoms with Crippen molar-refractivity contribution >= 4 is 11.6 Å². The Labute approximate surface area is 114 Å². The molecule has 1 aliphatic carbocycles. The molecule has 0 radical (unpaired) electrons. The van der Waals surface area contributed by atoms with Crippen molar-refractivity contribution in [1.29, 1.82) is 0 Å². The van der Waals surface area contributed by atoms with Crippen LogP contribution in [0.3, 0.4) is 0 Å². The molecule has 3 nitrogen and oxygen atoms in total. The molecule has 0 unspecified atom stereocenters. The van der Waals surface area contributed by atoms with E-state index in [2.05, 4.69) is 9.97 Å². The third-order valence-electron chi connectivity index (χ3n) is 3.53. The summed E-state index contributed by atoms with van der Waals surface area (Å²) in [7, 11) is 0. The van der Waals surface area contributed by atoms with Crippen molar-refractivity contribution in [2.24, 2.45) is 0 Å². The van der Waals surface area contributed by atoms with E-state index in [4.69, 9.17) is 16.3 Å². The second-order valence-electron chi connectivity index (χ2n) is 5.36. The summed E-state index contributed by atoms with van der Waals surface area (Å²) in [5.41, 5.74) is 0.600. The molecule has 0 aromatic carbocycles. The highest BCUT2D eigenvalue weighted by Crippen LogP contribution is 2.34. The fourth-order valence-corrected chi connectivity index (χ4v) is 2.75. The number of hydrogen-bond donors (Lipinski definition) is 0. The molecule has 1 saturated carbocycles. The van der Waals surface area contributed by atoms with Crippen LogP contribution in [0.25, 0.3) is 0 Å². The number of nitrogens with zero attached hydrogens (tertiary/aromatic N) is 2. The van der Waals surface area contributed by atoms with E-state index in [9.17, 15) is 0 Å². The lowest BCUT2D eigenvalue weighted by Gasteiger charge is -2.24. The zero-order chi connectivity index (χ0) is 13.2. The molecular formula is C14H21ClN2O. The largest absolute Gasteiger partial charge is 0.368 e. The van der Waals surface area contributed by atoms with Crippen LogP contribution >= 0.6 is 11.6 Å². The van der Waals surface area contributed by atoms with Crippen molar-refractivity contribution in [2.75, 3.05) is 6.61 Å². The molecular weight excluding hydrogens is 248 g/mol. The standard InChI is InChI=1S/C14H21ClN2O/c1-4-18-14(2,3)13-16-11(9-12(15)17-13)10-7-5-6-8-10/h9-10H,4-8H2,1-3H3. The fourth-order valence-electron chi connectivity index (χ4n) is 2.56. The van der Waals surface area contributed by atoms with Gasteiger partial charge in [-0.3, -0.25) is 0 Å². The third-order valence-corrected chi connectivity index (χ3v) is 3.73. The van der Waals surface area contributed by atoms with E-state index < -0.39 is 5.60 Å². The maximum Gasteiger partial charge on any atom is 0.161 e. The monoisotopic (exact) mass is 268 g/mol. The average molecular weight is 269 g/mol. The van der Waals surface area contributed by atoms with Gasteiger partial charge in [-0.2, -0.15) is 0 Å². The quantitative estimate of drug-likeness (QED) is 0.773. The van der Waals surface area contributed by atoms with Gasteiger partial charge in [0.2, 0.25) is 0 Å². The summed E-state index contributed by atoms with van der Waals surface area (Å²) in [6.45, 7) is 6.59. The van der Waals surface area contributed by atoms with Gasteiger partial charge in [0, 0.05) is 18.2 Å². The first-order valence-electron chi connectivity index (χ1n) is 6.72. The van der Waals surface area contributed by atoms with E-state index in [0.29, 0.717) is 23.5 Å². The van der Waals surface area contributed by atoms with Crippen LogP contribution < -0.4 is 0 Å². The van der Waals surface area contributed by atoms with E-state index in [-0.39, 0.29) is 0 Å². The molecule has 100 valence electrons. The minimum atomic E-state index is -0.479. The van der Waals surface area contributed by atoms with Gasteiger partial charge in [0.25, 0.3) is 0 Å². The Morgan fingerprint density at radius 3 is 2.61 bits per heavy atom. The Hall–Kier alpha value is -0.670. The van der Waals surface area contributed by atoms with Crippen LogP contribution in [0.5, 0.6) is 0 Å². The molecule has 0 atom stereocenters. The summed E-state index contributed by atoms with van der Waals surface area (Å²) in [5, 5.41) is 0.523. The van der Waals surface area contributed by atoms with Crippen LogP contribution in [-0.2, 0) is 10.3 Å². The van der Waals surface area contributed by atoms with Crippen molar-refractivity contribution in [1.82, 2.24) is 9.97 Å². The molecule has 0 N–H and O–H groups in total. The van der Waals surface area contributed by atoms with Gasteiger partial charge in [0.1, 0.15) is 10.8 Å². The number of hydrogen-bond acceptors (Lipinski definition) is 3. The van der Waals surface area contributed by atoms with Crippen LogP contribution in [0.2, 0.25) is 5.15 Å². The number of ether oxygens (including phenoxy) is 1. The first-order chi connectivity index (χ1) is 8.53. The Balaban J connectivity index is 2.31. The smallest absolute Gasteiger partial charge is 0.161 e. The van der Waals surface area contributed by atoms with Crippen molar-refractivity contribution in [2.45, 2.75) is 58.0 Å². The second-order valence-corrected chi connectivity index (χ2v) is 5.75. The lowest BCUT2D eigenvalue weighted by Crippen LogP contribution is -2.25. The zero-order valence-electron chi connectivity index (χ0n) is 11.4. The predicted molar refractivity (Wildman–Crippen MR) is 72.9 cm³/mol. The van der Waals surface area contributed by atoms with Crippen molar-refractivity contribution < 1.29 is 4.74 Å². The lowest BCUT2D eigenvalue weighted by molar-refractivity contribution is -0.0210. The van der Waals surface area contributed by atoms with Gasteiger partial charge in [0.05, 0.1) is 0 Å². The molecule has 0 saturated heterocycles. The molecule has 2 rings (SSSR count). The number of aromatic nitrogens is 2. The molecule has 1 heterocycles. The number of halogens is 1. The highest BCUT2D eigenvalue weighted by Gasteiger charge is 2.27. The molecule has 1 aromatic rings. The maximum atomic E-state index is 6.13. The summed E-state index contributed by atoms with van der Waals surface area (Å²) in [6, 6.07) is 1.91. The lowest BCUT2D eigenvalue weighted by atomic mass is 10.0. The summed E-state index contributed by atoms with van der Waals surface area (Å²) in [5.74, 6) is 1.24. The highest BCUT2D eigenvalue weighted by atomic mass is 35.5. The normalized spacial score (nSPS) is 17.3. The first kappa shape index (κ1) is 13.8. The van der Waals surface area contributed by atoms with Crippen LogP contribution in [0.1, 0.15) is 63.9 Å². The molecule has 0 spiro atoms. The predicted octanol–water partition coefficient (Wildman–Crippen LogP) is 4.06. The molecule has 1 aliphatic rings. The summed E-state index contributed by atoms with van der Waals surface area (Å²) in [6.07, 6.45) is 5.00. The van der Waals surface area contributed by atoms with Gasteiger partial charge in [-0.15, -0.1) is 0 Å². The van der Waals surface area contributed by atoms with Gasteiger partial charge in [-0.05, 0) is 39.7 Å². The zero-order valence-corrected chi connectivity index (χ0v) is 12.1. The highest BCUT2D eigenvalue weighted by molar-refractivity contribution is 6.29. The van der Waals surface area contributed by atoms with Gasteiger partial charge < -0.3 is 4.74 Å². The van der Waals surface area contributed by atoms with Crippen LogP contribution in [0.4, 0.5) is 0 Å². The SMILES string of the molecule is CCOC(C)(C)c1nc(Cl)cc(C2CCCC2)n1. The minimum Gasteiger partial charge on any atom is -0.368 e. The minimum absolute atomic E-state index is 0.479. The van der Waals surface area contributed by atoms with Gasteiger partial charge in [-0.1, -0.05) is 24.4 Å². The Kier molecular flexibility index (Phi) is 4.23. The van der Waals surface area contributed by atoms with E-state index in [1.807, 2.05) is 26.8 Å². The van der Waals surface area contributed by atoms with Crippen LogP contribution in [-0.4, -0.2) is 16.6 Å². The molecule has 4 heteroatoms. The molecule has 0 aliphatic heterocycles. The van der Waals surface area contributed by atoms with Crippen LogP contribution in [0.15, 0.2) is 6.07 Å². The van der Waals surface area contributed by atoms with Crippen molar-refractivity contribution in [3.63, 3.8) is 0 Å². The summed E-state index contributed by atoms with van der Waals surface area (Å²) < 4.78 is 5.70. The van der Waals surface area contributed by atoms with E-state index in [1.165, 1.54) is 25.7 Å². The van der Waals surface area contributed by atoms with E-state index in [1.54, 1.807) is 0 Å². The van der Waals surface area contributed by atoms with Crippen molar-refractivity contribution in [3.05, 3.63) is 22.7 Å². The molecule has 1 fully saturated rings. The fraction of sp³-hybridized carbons (Fsp3) is 0.714. The molecule has 18 heavy (non-hydrogen) atoms. The molecule has 0 amide bonds. The van der Waals surface area contributed by atoms with Crippen molar-refractivity contribution in [3.8, 4) is 0 Å². The Morgan fingerprint density at radius 2 is 2.00 bits per heavy atom. The first-order valence-corrected chi connectivity index (χ1v) is 7.09. The van der Waals surface area contributed by atoms with Crippen LogP contribution in [0, 0.1) is 0 Å². The summed E-state index contributed by atoms with van der Waals surface area (Å²) >= 11 is 6.13. The Morgan fingerprint density at radius 1 is 1.33 bits per heavy atom.